The molecule has 1 saturated heterocycles. The Bertz CT molecular complexity index is 615. The smallest absolute Gasteiger partial charge is 0.222 e. The lowest BCUT2D eigenvalue weighted by molar-refractivity contribution is -0.133. The fourth-order valence-electron chi connectivity index (χ4n) is 3.49. The topological polar surface area (TPSA) is 82.2 Å². The molecule has 1 N–H and O–H groups in total. The molecule has 1 amide bonds. The highest BCUT2D eigenvalue weighted by Gasteiger charge is 2.26. The van der Waals surface area contributed by atoms with E-state index >= 15 is 0 Å². The summed E-state index contributed by atoms with van der Waals surface area (Å²) in [6, 6.07) is 2.14. The molecular formula is C18H28N4O2. The van der Waals surface area contributed by atoms with Gasteiger partial charge >= 0.3 is 0 Å². The average Bonchev–Trinajstić information content (AvgIpc) is 2.84. The Labute approximate surface area is 144 Å². The number of aliphatic hydroxyl groups is 1. The van der Waals surface area contributed by atoms with Crippen LogP contribution in [0.2, 0.25) is 0 Å². The Kier molecular flexibility index (Phi) is 6.38. The van der Waals surface area contributed by atoms with E-state index in [2.05, 4.69) is 11.2 Å². The Hall–Kier alpha value is -1.87. The van der Waals surface area contributed by atoms with Gasteiger partial charge in [0.1, 0.15) is 0 Å². The van der Waals surface area contributed by atoms with Crippen LogP contribution in [0.5, 0.6) is 0 Å². The van der Waals surface area contributed by atoms with Gasteiger partial charge in [-0.15, -0.1) is 0 Å². The van der Waals surface area contributed by atoms with Crippen molar-refractivity contribution in [2.45, 2.75) is 65.5 Å². The van der Waals surface area contributed by atoms with Gasteiger partial charge in [0.15, 0.2) is 0 Å². The van der Waals surface area contributed by atoms with Gasteiger partial charge < -0.3 is 10.0 Å². The molecule has 1 fully saturated rings. The summed E-state index contributed by atoms with van der Waals surface area (Å²) >= 11 is 0. The minimum absolute atomic E-state index is 0.156. The molecule has 24 heavy (non-hydrogen) atoms. The molecule has 0 spiro atoms. The molecule has 0 aromatic carbocycles. The summed E-state index contributed by atoms with van der Waals surface area (Å²) < 4.78 is 1.86. The zero-order chi connectivity index (χ0) is 17.7. The molecule has 0 bridgehead atoms. The molecular weight excluding hydrogens is 304 g/mol. The lowest BCUT2D eigenvalue weighted by Gasteiger charge is -2.34. The Morgan fingerprint density at radius 1 is 1.50 bits per heavy atom. The van der Waals surface area contributed by atoms with Crippen LogP contribution < -0.4 is 0 Å². The fourth-order valence-corrected chi connectivity index (χ4v) is 3.49. The van der Waals surface area contributed by atoms with Crippen molar-refractivity contribution < 1.29 is 9.90 Å². The quantitative estimate of drug-likeness (QED) is 0.863. The van der Waals surface area contributed by atoms with Crippen molar-refractivity contribution in [1.29, 1.82) is 5.26 Å². The summed E-state index contributed by atoms with van der Waals surface area (Å²) in [5, 5.41) is 23.0. The first-order valence-corrected chi connectivity index (χ1v) is 8.79. The van der Waals surface area contributed by atoms with Crippen molar-refractivity contribution in [2.75, 3.05) is 13.1 Å². The van der Waals surface area contributed by atoms with Crippen molar-refractivity contribution in [2.24, 2.45) is 5.92 Å². The number of carbonyl (C=O) groups excluding carboxylic acids is 1. The van der Waals surface area contributed by atoms with Gasteiger partial charge in [-0.1, -0.05) is 0 Å². The van der Waals surface area contributed by atoms with Crippen LogP contribution in [0.1, 0.15) is 49.6 Å². The van der Waals surface area contributed by atoms with Gasteiger partial charge in [-0.25, -0.2) is 0 Å². The molecule has 1 aliphatic rings. The minimum Gasteiger partial charge on any atom is -0.393 e. The summed E-state index contributed by atoms with van der Waals surface area (Å²) in [7, 11) is 0. The maximum Gasteiger partial charge on any atom is 0.222 e. The van der Waals surface area contributed by atoms with E-state index in [0.29, 0.717) is 32.4 Å². The number of likely N-dealkylation sites (tertiary alicyclic amines) is 1. The number of nitriles is 1. The maximum absolute atomic E-state index is 12.5. The summed E-state index contributed by atoms with van der Waals surface area (Å²) in [5.41, 5.74) is 3.11. The molecule has 132 valence electrons. The Morgan fingerprint density at radius 3 is 2.92 bits per heavy atom. The second kappa shape index (κ2) is 8.29. The minimum atomic E-state index is -0.358. The average molecular weight is 332 g/mol. The molecule has 2 unspecified atom stereocenters. The molecule has 6 nitrogen and oxygen atoms in total. The number of rotatable bonds is 6. The lowest BCUT2D eigenvalue weighted by atomic mass is 9.93. The lowest BCUT2D eigenvalue weighted by Crippen LogP contribution is -2.43. The fraction of sp³-hybridized carbons (Fsp3) is 0.722. The van der Waals surface area contributed by atoms with Crippen molar-refractivity contribution in [1.82, 2.24) is 14.7 Å². The molecule has 0 saturated carbocycles. The second-order valence-corrected chi connectivity index (χ2v) is 6.76. The number of aryl methyl sites for hydroxylation is 2. The van der Waals surface area contributed by atoms with E-state index in [4.69, 9.17) is 5.26 Å². The van der Waals surface area contributed by atoms with E-state index < -0.39 is 0 Å². The summed E-state index contributed by atoms with van der Waals surface area (Å²) in [4.78, 5) is 14.4. The molecule has 2 heterocycles. The van der Waals surface area contributed by atoms with Crippen LogP contribution in [-0.2, 0) is 17.8 Å². The standard InChI is InChI=1S/C18H28N4O2/c1-13-17(14(2)22(20-13)11-5-9-19)7-8-18(24)21-10-4-6-16(12-21)15(3)23/h15-16,23H,4-8,10-12H2,1-3H3. The van der Waals surface area contributed by atoms with Gasteiger partial charge in [0.25, 0.3) is 0 Å². The zero-order valence-corrected chi connectivity index (χ0v) is 15.0. The van der Waals surface area contributed by atoms with Crippen LogP contribution in [0, 0.1) is 31.1 Å². The van der Waals surface area contributed by atoms with Gasteiger partial charge in [0.05, 0.1) is 30.8 Å². The van der Waals surface area contributed by atoms with E-state index in [9.17, 15) is 9.90 Å². The number of piperidine rings is 1. The predicted molar refractivity (Wildman–Crippen MR) is 91.2 cm³/mol. The van der Waals surface area contributed by atoms with Crippen molar-refractivity contribution >= 4 is 5.91 Å². The van der Waals surface area contributed by atoms with Crippen molar-refractivity contribution in [3.05, 3.63) is 17.0 Å². The number of hydrogen-bond donors (Lipinski definition) is 1. The third-order valence-corrected chi connectivity index (χ3v) is 5.05. The number of hydrogen-bond acceptors (Lipinski definition) is 4. The third-order valence-electron chi connectivity index (χ3n) is 5.05. The highest BCUT2D eigenvalue weighted by atomic mass is 16.3. The number of nitrogens with zero attached hydrogens (tertiary/aromatic N) is 4. The Morgan fingerprint density at radius 2 is 2.25 bits per heavy atom. The van der Waals surface area contributed by atoms with Gasteiger partial charge in [0.2, 0.25) is 5.91 Å². The first-order chi connectivity index (χ1) is 11.4. The van der Waals surface area contributed by atoms with Crippen molar-refractivity contribution in [3.63, 3.8) is 0 Å². The third kappa shape index (κ3) is 4.35. The molecule has 1 aromatic heterocycles. The summed E-state index contributed by atoms with van der Waals surface area (Å²) in [6.45, 7) is 7.82. The van der Waals surface area contributed by atoms with E-state index in [1.54, 1.807) is 6.92 Å². The molecule has 1 aromatic rings. The maximum atomic E-state index is 12.5. The zero-order valence-electron chi connectivity index (χ0n) is 15.0. The second-order valence-electron chi connectivity index (χ2n) is 6.76. The molecule has 0 radical (unpaired) electrons. The summed E-state index contributed by atoms with van der Waals surface area (Å²) in [5.74, 6) is 0.351. The van der Waals surface area contributed by atoms with E-state index in [1.807, 2.05) is 23.4 Å². The molecule has 1 aliphatic heterocycles. The highest BCUT2D eigenvalue weighted by molar-refractivity contribution is 5.76. The van der Waals surface area contributed by atoms with Gasteiger partial charge in [-0.2, -0.15) is 10.4 Å². The highest BCUT2D eigenvalue weighted by Crippen LogP contribution is 2.21. The molecule has 6 heteroatoms. The number of amides is 1. The van der Waals surface area contributed by atoms with Gasteiger partial charge in [-0.05, 0) is 45.6 Å². The molecule has 0 aliphatic carbocycles. The first kappa shape index (κ1) is 18.5. The van der Waals surface area contributed by atoms with E-state index in [1.165, 1.54) is 0 Å². The Balaban J connectivity index is 1.94. The largest absolute Gasteiger partial charge is 0.393 e. The summed E-state index contributed by atoms with van der Waals surface area (Å²) in [6.07, 6.45) is 3.19. The van der Waals surface area contributed by atoms with Gasteiger partial charge in [0, 0.05) is 31.1 Å². The normalized spacial score (nSPS) is 19.1. The molecule has 2 atom stereocenters. The number of carbonyl (C=O) groups is 1. The van der Waals surface area contributed by atoms with E-state index in [0.717, 1.165) is 36.3 Å². The van der Waals surface area contributed by atoms with Crippen LogP contribution in [-0.4, -0.2) is 44.9 Å². The van der Waals surface area contributed by atoms with Gasteiger partial charge in [-0.3, -0.25) is 9.48 Å². The van der Waals surface area contributed by atoms with Crippen molar-refractivity contribution in [3.8, 4) is 6.07 Å². The monoisotopic (exact) mass is 332 g/mol. The number of aromatic nitrogens is 2. The van der Waals surface area contributed by atoms with Crippen LogP contribution in [0.3, 0.4) is 0 Å². The SMILES string of the molecule is Cc1nn(CCC#N)c(C)c1CCC(=O)N1CCCC(C(C)O)C1. The first-order valence-electron chi connectivity index (χ1n) is 8.79. The molecule has 2 rings (SSSR count). The number of aliphatic hydroxyl groups excluding tert-OH is 1. The van der Waals surface area contributed by atoms with Crippen LogP contribution in [0.15, 0.2) is 0 Å². The van der Waals surface area contributed by atoms with E-state index in [-0.39, 0.29) is 17.9 Å². The van der Waals surface area contributed by atoms with Crippen LogP contribution >= 0.6 is 0 Å². The predicted octanol–water partition coefficient (Wildman–Crippen LogP) is 1.97. The van der Waals surface area contributed by atoms with Crippen LogP contribution in [0.4, 0.5) is 0 Å². The van der Waals surface area contributed by atoms with Crippen LogP contribution in [0.25, 0.3) is 0 Å².